The molecule has 2 unspecified atom stereocenters. The van der Waals surface area contributed by atoms with E-state index < -0.39 is 0 Å². The van der Waals surface area contributed by atoms with Crippen LogP contribution >= 0.6 is 11.3 Å². The van der Waals surface area contributed by atoms with Crippen molar-refractivity contribution in [3.05, 3.63) is 48.5 Å². The third-order valence-corrected chi connectivity index (χ3v) is 6.31. The number of rotatable bonds is 3. The van der Waals surface area contributed by atoms with Crippen molar-refractivity contribution < 1.29 is 4.74 Å². The van der Waals surface area contributed by atoms with Gasteiger partial charge in [0, 0.05) is 19.5 Å². The highest BCUT2D eigenvalue weighted by molar-refractivity contribution is 7.21. The van der Waals surface area contributed by atoms with Gasteiger partial charge < -0.3 is 4.74 Å². The Bertz CT molecular complexity index is 853. The lowest BCUT2D eigenvalue weighted by Gasteiger charge is -2.35. The van der Waals surface area contributed by atoms with Crippen molar-refractivity contribution in [1.82, 2.24) is 9.88 Å². The van der Waals surface area contributed by atoms with Crippen LogP contribution in [0.4, 0.5) is 0 Å². The van der Waals surface area contributed by atoms with Crippen LogP contribution in [0.1, 0.15) is 19.3 Å². The molecule has 4 heteroatoms. The topological polar surface area (TPSA) is 25.4 Å². The quantitative estimate of drug-likeness (QED) is 0.700. The summed E-state index contributed by atoms with van der Waals surface area (Å²) in [7, 11) is 0. The van der Waals surface area contributed by atoms with Crippen LogP contribution in [0.3, 0.4) is 0 Å². The maximum atomic E-state index is 6.64. The summed E-state index contributed by atoms with van der Waals surface area (Å²) >= 11 is 1.74. The number of fused-ring (bicyclic) bond motifs is 3. The van der Waals surface area contributed by atoms with E-state index >= 15 is 0 Å². The van der Waals surface area contributed by atoms with Gasteiger partial charge in [-0.05, 0) is 43.7 Å². The largest absolute Gasteiger partial charge is 0.485 e. The summed E-state index contributed by atoms with van der Waals surface area (Å²) in [6, 6.07) is 16.7. The Morgan fingerprint density at radius 3 is 2.83 bits per heavy atom. The van der Waals surface area contributed by atoms with E-state index in [0.717, 1.165) is 41.2 Å². The normalized spacial score (nSPS) is 25.9. The number of hydrogen-bond donors (Lipinski definition) is 0. The molecule has 3 aromatic rings. The maximum absolute atomic E-state index is 6.64. The van der Waals surface area contributed by atoms with Gasteiger partial charge in [-0.2, -0.15) is 0 Å². The van der Waals surface area contributed by atoms with Crippen molar-refractivity contribution in [3.63, 3.8) is 0 Å². The second-order valence-electron chi connectivity index (χ2n) is 6.90. The molecule has 2 bridgehead atoms. The van der Waals surface area contributed by atoms with E-state index in [-0.39, 0.29) is 5.60 Å². The number of nitrogens with zero attached hydrogens (tertiary/aromatic N) is 2. The van der Waals surface area contributed by atoms with Gasteiger partial charge in [-0.3, -0.25) is 4.90 Å². The van der Waals surface area contributed by atoms with Crippen molar-refractivity contribution in [2.45, 2.75) is 24.9 Å². The van der Waals surface area contributed by atoms with E-state index in [4.69, 9.17) is 9.72 Å². The Kier molecular flexibility index (Phi) is 3.35. The van der Waals surface area contributed by atoms with Crippen LogP contribution in [0, 0.1) is 0 Å². The van der Waals surface area contributed by atoms with E-state index in [2.05, 4.69) is 47.4 Å². The lowest BCUT2D eigenvalue weighted by Crippen LogP contribution is -2.43. The zero-order chi connectivity index (χ0) is 16.0. The molecule has 2 fully saturated rings. The van der Waals surface area contributed by atoms with Crippen LogP contribution in [0.5, 0.6) is 5.75 Å². The molecule has 0 radical (unpaired) electrons. The van der Waals surface area contributed by atoms with Crippen LogP contribution in [0.25, 0.3) is 20.8 Å². The fraction of sp³-hybridized carbons (Fsp3) is 0.350. The molecular weight excluding hydrogens is 316 g/mol. The summed E-state index contributed by atoms with van der Waals surface area (Å²) in [6.07, 6.45) is 3.54. The minimum atomic E-state index is 0.00500. The molecule has 24 heavy (non-hydrogen) atoms. The van der Waals surface area contributed by atoms with Crippen LogP contribution in [0.15, 0.2) is 48.5 Å². The van der Waals surface area contributed by atoms with Crippen LogP contribution in [-0.2, 0) is 0 Å². The van der Waals surface area contributed by atoms with Crippen molar-refractivity contribution in [2.24, 2.45) is 0 Å². The molecule has 2 saturated heterocycles. The average Bonchev–Trinajstić information content (AvgIpc) is 3.16. The standard InChI is InChI=1S/C20H20N2OS/c1-3-8-17(23-20-10-5-12-22(14-20)13-11-20)15(6-1)19-21-16-7-2-4-9-18(16)24-19/h1-4,6-9H,5,10-14H2. The summed E-state index contributed by atoms with van der Waals surface area (Å²) in [6.45, 7) is 3.47. The van der Waals surface area contributed by atoms with Crippen molar-refractivity contribution in [3.8, 4) is 16.3 Å². The third kappa shape index (κ3) is 2.41. The second kappa shape index (κ2) is 5.57. The number of hydrogen-bond acceptors (Lipinski definition) is 4. The molecule has 0 N–H and O–H groups in total. The number of para-hydroxylation sites is 2. The first kappa shape index (κ1) is 14.4. The van der Waals surface area contributed by atoms with Crippen molar-refractivity contribution in [1.29, 1.82) is 0 Å². The molecule has 2 aliphatic heterocycles. The van der Waals surface area contributed by atoms with Gasteiger partial charge in [0.2, 0.25) is 0 Å². The van der Waals surface area contributed by atoms with Gasteiger partial charge in [-0.15, -0.1) is 11.3 Å². The molecule has 2 atom stereocenters. The predicted octanol–water partition coefficient (Wildman–Crippen LogP) is 4.58. The van der Waals surface area contributed by atoms with Gasteiger partial charge in [-0.25, -0.2) is 4.98 Å². The third-order valence-electron chi connectivity index (χ3n) is 5.24. The number of thiazole rings is 1. The highest BCUT2D eigenvalue weighted by Gasteiger charge is 2.43. The van der Waals surface area contributed by atoms with Crippen LogP contribution < -0.4 is 4.74 Å². The number of piperidine rings is 1. The summed E-state index contributed by atoms with van der Waals surface area (Å²) in [4.78, 5) is 7.36. The number of ether oxygens (including phenoxy) is 1. The van der Waals surface area contributed by atoms with Gasteiger partial charge in [0.05, 0.1) is 15.8 Å². The highest BCUT2D eigenvalue weighted by Crippen LogP contribution is 2.41. The van der Waals surface area contributed by atoms with E-state index in [1.807, 2.05) is 6.07 Å². The molecule has 5 rings (SSSR count). The molecular formula is C20H20N2OS. The molecule has 2 aliphatic rings. The zero-order valence-electron chi connectivity index (χ0n) is 13.6. The first-order chi connectivity index (χ1) is 11.8. The van der Waals surface area contributed by atoms with Gasteiger partial charge >= 0.3 is 0 Å². The molecule has 0 amide bonds. The van der Waals surface area contributed by atoms with Gasteiger partial charge in [0.15, 0.2) is 0 Å². The number of benzene rings is 2. The predicted molar refractivity (Wildman–Crippen MR) is 98.7 cm³/mol. The highest BCUT2D eigenvalue weighted by atomic mass is 32.1. The van der Waals surface area contributed by atoms with Crippen molar-refractivity contribution >= 4 is 21.6 Å². The van der Waals surface area contributed by atoms with E-state index in [1.165, 1.54) is 24.2 Å². The van der Waals surface area contributed by atoms with E-state index in [9.17, 15) is 0 Å². The Morgan fingerprint density at radius 2 is 1.88 bits per heavy atom. The maximum Gasteiger partial charge on any atom is 0.130 e. The monoisotopic (exact) mass is 336 g/mol. The van der Waals surface area contributed by atoms with Crippen LogP contribution in [-0.4, -0.2) is 35.1 Å². The smallest absolute Gasteiger partial charge is 0.130 e. The summed E-state index contributed by atoms with van der Waals surface area (Å²) < 4.78 is 7.87. The fourth-order valence-corrected chi connectivity index (χ4v) is 5.03. The molecule has 122 valence electrons. The minimum absolute atomic E-state index is 0.00500. The van der Waals surface area contributed by atoms with Crippen molar-refractivity contribution in [2.75, 3.05) is 19.6 Å². The lowest BCUT2D eigenvalue weighted by atomic mass is 9.94. The lowest BCUT2D eigenvalue weighted by molar-refractivity contribution is 0.0458. The first-order valence-electron chi connectivity index (χ1n) is 8.68. The van der Waals surface area contributed by atoms with Gasteiger partial charge in [-0.1, -0.05) is 24.3 Å². The first-order valence-corrected chi connectivity index (χ1v) is 9.49. The number of aromatic nitrogens is 1. The minimum Gasteiger partial charge on any atom is -0.485 e. The molecule has 0 saturated carbocycles. The molecule has 0 spiro atoms. The van der Waals surface area contributed by atoms with Gasteiger partial charge in [0.25, 0.3) is 0 Å². The molecule has 1 aromatic heterocycles. The SMILES string of the molecule is c1ccc(-c2nc3ccccc3s2)c(OC23CCCN(CC2)C3)c1. The summed E-state index contributed by atoms with van der Waals surface area (Å²) in [5.74, 6) is 0.986. The van der Waals surface area contributed by atoms with Crippen LogP contribution in [0.2, 0.25) is 0 Å². The average molecular weight is 336 g/mol. The Labute approximate surface area is 145 Å². The Hall–Kier alpha value is -1.91. The summed E-state index contributed by atoms with van der Waals surface area (Å²) in [5.41, 5.74) is 2.19. The van der Waals surface area contributed by atoms with E-state index in [1.54, 1.807) is 11.3 Å². The molecule has 3 nitrogen and oxygen atoms in total. The second-order valence-corrected chi connectivity index (χ2v) is 7.93. The Morgan fingerprint density at radius 1 is 1.00 bits per heavy atom. The van der Waals surface area contributed by atoms with E-state index in [0.29, 0.717) is 0 Å². The molecule has 0 aliphatic carbocycles. The fourth-order valence-electron chi connectivity index (χ4n) is 4.03. The summed E-state index contributed by atoms with van der Waals surface area (Å²) in [5, 5.41) is 1.05. The molecule has 3 heterocycles. The molecule has 2 aromatic carbocycles. The zero-order valence-corrected chi connectivity index (χ0v) is 14.4. The Balaban J connectivity index is 1.53. The van der Waals surface area contributed by atoms with Gasteiger partial charge in [0.1, 0.15) is 16.4 Å².